The molecule has 0 bridgehead atoms. The third-order valence-corrected chi connectivity index (χ3v) is 5.26. The number of nitrogens with one attached hydrogen (secondary N) is 2. The molecule has 1 aromatic carbocycles. The van der Waals surface area contributed by atoms with Crippen molar-refractivity contribution in [3.63, 3.8) is 0 Å². The number of H-pyrrole nitrogens is 1. The molecule has 0 radical (unpaired) electrons. The first-order chi connectivity index (χ1) is 14.2. The van der Waals surface area contributed by atoms with Gasteiger partial charge in [0.1, 0.15) is 12.1 Å². The minimum Gasteiger partial charge on any atom is -0.364 e. The van der Waals surface area contributed by atoms with Crippen molar-refractivity contribution in [1.29, 1.82) is 0 Å². The van der Waals surface area contributed by atoms with Gasteiger partial charge in [-0.1, -0.05) is 5.16 Å². The van der Waals surface area contributed by atoms with Gasteiger partial charge < -0.3 is 19.7 Å². The van der Waals surface area contributed by atoms with Crippen LogP contribution in [-0.4, -0.2) is 65.2 Å². The summed E-state index contributed by atoms with van der Waals surface area (Å²) in [6.07, 6.45) is 4.34. The lowest BCUT2D eigenvalue weighted by molar-refractivity contribution is 0.169. The van der Waals surface area contributed by atoms with E-state index in [1.165, 1.54) is 6.07 Å². The van der Waals surface area contributed by atoms with Crippen molar-refractivity contribution < 1.29 is 8.91 Å². The molecule has 1 aliphatic heterocycles. The van der Waals surface area contributed by atoms with E-state index in [0.717, 1.165) is 73.8 Å². The predicted octanol–water partition coefficient (Wildman–Crippen LogP) is 2.62. The lowest BCUT2D eigenvalue weighted by Crippen LogP contribution is -2.52. The number of rotatable bonds is 6. The molecule has 0 atom stereocenters. The third kappa shape index (κ3) is 4.76. The summed E-state index contributed by atoms with van der Waals surface area (Å²) in [5, 5.41) is 8.33. The molecule has 0 saturated carbocycles. The molecule has 2 N–H and O–H groups in total. The van der Waals surface area contributed by atoms with Gasteiger partial charge in [0.2, 0.25) is 0 Å². The molecule has 1 fully saturated rings. The first kappa shape index (κ1) is 19.4. The minimum atomic E-state index is -0.210. The second-order valence-corrected chi connectivity index (χ2v) is 7.24. The summed E-state index contributed by atoms with van der Waals surface area (Å²) in [5.41, 5.74) is 3.02. The molecule has 0 spiro atoms. The topological polar surface area (TPSA) is 72.7 Å². The first-order valence-corrected chi connectivity index (χ1v) is 10.1. The Morgan fingerprint density at radius 3 is 2.90 bits per heavy atom. The van der Waals surface area contributed by atoms with Crippen molar-refractivity contribution in [3.05, 3.63) is 53.8 Å². The summed E-state index contributed by atoms with van der Waals surface area (Å²) in [7, 11) is 0. The van der Waals surface area contributed by atoms with E-state index in [0.29, 0.717) is 6.54 Å². The van der Waals surface area contributed by atoms with Crippen LogP contribution in [0.2, 0.25) is 0 Å². The number of piperazine rings is 1. The normalized spacial score (nSPS) is 15.9. The van der Waals surface area contributed by atoms with Crippen LogP contribution in [0.25, 0.3) is 10.9 Å². The van der Waals surface area contributed by atoms with Gasteiger partial charge in [-0.15, -0.1) is 0 Å². The fourth-order valence-corrected chi connectivity index (χ4v) is 3.73. The number of fused-ring (bicyclic) bond motifs is 1. The van der Waals surface area contributed by atoms with Crippen LogP contribution in [-0.2, 0) is 13.0 Å². The van der Waals surface area contributed by atoms with E-state index in [1.807, 2.05) is 12.3 Å². The molecule has 3 heterocycles. The summed E-state index contributed by atoms with van der Waals surface area (Å²) in [6, 6.07) is 6.75. The lowest BCUT2D eigenvalue weighted by Gasteiger charge is -2.36. The van der Waals surface area contributed by atoms with E-state index < -0.39 is 0 Å². The van der Waals surface area contributed by atoms with E-state index >= 15 is 0 Å². The number of aliphatic imine (C=N–C) groups is 1. The van der Waals surface area contributed by atoms with Gasteiger partial charge in [0.05, 0.1) is 5.69 Å². The zero-order valence-corrected chi connectivity index (χ0v) is 16.7. The third-order valence-electron chi connectivity index (χ3n) is 5.26. The van der Waals surface area contributed by atoms with Gasteiger partial charge >= 0.3 is 0 Å². The van der Waals surface area contributed by atoms with Crippen LogP contribution < -0.4 is 5.32 Å². The van der Waals surface area contributed by atoms with E-state index in [1.54, 1.807) is 18.4 Å². The Labute approximate surface area is 169 Å². The monoisotopic (exact) mass is 398 g/mol. The van der Waals surface area contributed by atoms with Gasteiger partial charge in [0.25, 0.3) is 0 Å². The lowest BCUT2D eigenvalue weighted by atomic mass is 10.1. The molecule has 2 aromatic heterocycles. The Balaban J connectivity index is 1.34. The molecule has 4 rings (SSSR count). The van der Waals surface area contributed by atoms with E-state index in [-0.39, 0.29) is 5.82 Å². The van der Waals surface area contributed by atoms with Crippen LogP contribution in [0, 0.1) is 5.82 Å². The number of aromatic amines is 1. The standard InChI is InChI=1S/C21H27FN6O/c1-2-23-21(28-10-8-27(9-11-28)15-18-6-12-29-26-18)24-7-5-16-14-25-20-4-3-17(22)13-19(16)20/h3-4,6,12-14,25H,2,5,7-11,15H2,1H3,(H,23,24). The molecule has 7 nitrogen and oxygen atoms in total. The molecule has 1 saturated heterocycles. The molecule has 0 amide bonds. The Hall–Kier alpha value is -2.87. The maximum atomic E-state index is 13.6. The van der Waals surface area contributed by atoms with Crippen molar-refractivity contribution in [1.82, 2.24) is 25.3 Å². The summed E-state index contributed by atoms with van der Waals surface area (Å²) >= 11 is 0. The summed E-state index contributed by atoms with van der Waals surface area (Å²) < 4.78 is 18.5. The number of guanidine groups is 1. The van der Waals surface area contributed by atoms with Crippen LogP contribution in [0.15, 0.2) is 46.2 Å². The Kier molecular flexibility index (Phi) is 6.09. The van der Waals surface area contributed by atoms with Crippen LogP contribution in [0.1, 0.15) is 18.2 Å². The van der Waals surface area contributed by atoms with Gasteiger partial charge in [-0.25, -0.2) is 4.39 Å². The highest BCUT2D eigenvalue weighted by Gasteiger charge is 2.20. The van der Waals surface area contributed by atoms with E-state index in [9.17, 15) is 4.39 Å². The van der Waals surface area contributed by atoms with Gasteiger partial charge in [-0.05, 0) is 37.1 Å². The number of benzene rings is 1. The van der Waals surface area contributed by atoms with Crippen molar-refractivity contribution in [2.75, 3.05) is 39.3 Å². The molecule has 154 valence electrons. The number of halogens is 1. The number of hydrogen-bond acceptors (Lipinski definition) is 4. The highest BCUT2D eigenvalue weighted by molar-refractivity contribution is 5.83. The molecule has 1 aliphatic rings. The van der Waals surface area contributed by atoms with Gasteiger partial charge in [0.15, 0.2) is 5.96 Å². The predicted molar refractivity (Wildman–Crippen MR) is 111 cm³/mol. The van der Waals surface area contributed by atoms with Crippen molar-refractivity contribution in [2.24, 2.45) is 4.99 Å². The van der Waals surface area contributed by atoms with Crippen LogP contribution in [0.5, 0.6) is 0 Å². The summed E-state index contributed by atoms with van der Waals surface area (Å²) in [4.78, 5) is 12.7. The first-order valence-electron chi connectivity index (χ1n) is 10.1. The molecule has 29 heavy (non-hydrogen) atoms. The van der Waals surface area contributed by atoms with Crippen LogP contribution in [0.4, 0.5) is 4.39 Å². The zero-order chi connectivity index (χ0) is 20.1. The Morgan fingerprint density at radius 2 is 2.14 bits per heavy atom. The average molecular weight is 398 g/mol. The van der Waals surface area contributed by atoms with E-state index in [2.05, 4.69) is 32.2 Å². The summed E-state index contributed by atoms with van der Waals surface area (Å²) in [5.74, 6) is 0.735. The number of hydrogen-bond donors (Lipinski definition) is 2. The van der Waals surface area contributed by atoms with Crippen molar-refractivity contribution in [2.45, 2.75) is 19.9 Å². The molecule has 0 unspecified atom stereocenters. The SMILES string of the molecule is CCNC(=NCCc1c[nH]c2ccc(F)cc12)N1CCN(Cc2ccon2)CC1. The Morgan fingerprint density at radius 1 is 1.28 bits per heavy atom. The fraction of sp³-hybridized carbons (Fsp3) is 0.429. The molecule has 0 aliphatic carbocycles. The minimum absolute atomic E-state index is 0.210. The Bertz CT molecular complexity index is 943. The second kappa shape index (κ2) is 9.09. The van der Waals surface area contributed by atoms with Crippen LogP contribution in [0.3, 0.4) is 0 Å². The molecule has 8 heteroatoms. The highest BCUT2D eigenvalue weighted by Crippen LogP contribution is 2.20. The van der Waals surface area contributed by atoms with Gasteiger partial charge in [-0.2, -0.15) is 0 Å². The van der Waals surface area contributed by atoms with Crippen molar-refractivity contribution in [3.8, 4) is 0 Å². The van der Waals surface area contributed by atoms with Gasteiger partial charge in [-0.3, -0.25) is 9.89 Å². The van der Waals surface area contributed by atoms with Crippen LogP contribution >= 0.6 is 0 Å². The molecular weight excluding hydrogens is 371 g/mol. The van der Waals surface area contributed by atoms with Crippen molar-refractivity contribution >= 4 is 16.9 Å². The van der Waals surface area contributed by atoms with Gasteiger partial charge in [0, 0.05) is 69.0 Å². The largest absolute Gasteiger partial charge is 0.364 e. The van der Waals surface area contributed by atoms with E-state index in [4.69, 9.17) is 9.52 Å². The quantitative estimate of drug-likeness (QED) is 0.493. The maximum Gasteiger partial charge on any atom is 0.194 e. The zero-order valence-electron chi connectivity index (χ0n) is 16.7. The summed E-state index contributed by atoms with van der Waals surface area (Å²) in [6.45, 7) is 8.14. The smallest absolute Gasteiger partial charge is 0.194 e. The molecular formula is C21H27FN6O. The fourth-order valence-electron chi connectivity index (χ4n) is 3.73. The number of nitrogens with zero attached hydrogens (tertiary/aromatic N) is 4. The highest BCUT2D eigenvalue weighted by atomic mass is 19.1. The second-order valence-electron chi connectivity index (χ2n) is 7.24. The average Bonchev–Trinajstić information content (AvgIpc) is 3.38. The maximum absolute atomic E-state index is 13.6. The number of aromatic nitrogens is 2. The molecule has 3 aromatic rings.